The summed E-state index contributed by atoms with van der Waals surface area (Å²) in [4.78, 5) is 12.7. The SMILES string of the molecule is C=CC[C@]1(C(=O)OC)CCC[C@H]2C(C)(C)CCCC21C. The van der Waals surface area contributed by atoms with Crippen LogP contribution in [0.25, 0.3) is 0 Å². The van der Waals surface area contributed by atoms with E-state index in [4.69, 9.17) is 4.74 Å². The molecular formula is C18H30O2. The molecule has 2 rings (SSSR count). The van der Waals surface area contributed by atoms with Crippen molar-refractivity contribution in [1.82, 2.24) is 0 Å². The van der Waals surface area contributed by atoms with Crippen LogP contribution in [0.15, 0.2) is 12.7 Å². The molecule has 114 valence electrons. The van der Waals surface area contributed by atoms with Gasteiger partial charge in [-0.2, -0.15) is 0 Å². The Bertz CT molecular complexity index is 398. The Kier molecular flexibility index (Phi) is 4.05. The highest BCUT2D eigenvalue weighted by atomic mass is 16.5. The van der Waals surface area contributed by atoms with Crippen LogP contribution in [0.5, 0.6) is 0 Å². The first kappa shape index (κ1) is 15.6. The molecule has 0 saturated heterocycles. The van der Waals surface area contributed by atoms with Crippen molar-refractivity contribution in [1.29, 1.82) is 0 Å². The van der Waals surface area contributed by atoms with Crippen molar-refractivity contribution in [3.05, 3.63) is 12.7 Å². The van der Waals surface area contributed by atoms with Gasteiger partial charge in [-0.15, -0.1) is 6.58 Å². The van der Waals surface area contributed by atoms with Gasteiger partial charge in [0, 0.05) is 0 Å². The van der Waals surface area contributed by atoms with Crippen LogP contribution in [0.3, 0.4) is 0 Å². The number of carbonyl (C=O) groups is 1. The Balaban J connectivity index is 2.50. The molecular weight excluding hydrogens is 248 g/mol. The standard InChI is InChI=1S/C18H30O2/c1-6-10-18(15(19)20-5)13-7-9-14-16(2,3)11-8-12-17(14,18)4/h6,14H,1,7-13H2,2-5H3/t14-,17?,18+/m0/s1. The molecule has 0 aromatic carbocycles. The van der Waals surface area contributed by atoms with E-state index in [0.717, 1.165) is 25.7 Å². The predicted octanol–water partition coefficient (Wildman–Crippen LogP) is 4.74. The van der Waals surface area contributed by atoms with Crippen molar-refractivity contribution in [2.75, 3.05) is 7.11 Å². The highest BCUT2D eigenvalue weighted by molar-refractivity contribution is 5.78. The average Bonchev–Trinajstić information content (AvgIpc) is 2.39. The summed E-state index contributed by atoms with van der Waals surface area (Å²) in [5.74, 6) is 0.596. The molecule has 0 amide bonds. The minimum atomic E-state index is -0.357. The first-order valence-corrected chi connectivity index (χ1v) is 8.03. The van der Waals surface area contributed by atoms with E-state index in [9.17, 15) is 4.79 Å². The maximum absolute atomic E-state index is 12.7. The molecule has 2 aliphatic rings. The summed E-state index contributed by atoms with van der Waals surface area (Å²) >= 11 is 0. The van der Waals surface area contributed by atoms with Gasteiger partial charge in [0.15, 0.2) is 0 Å². The van der Waals surface area contributed by atoms with E-state index < -0.39 is 0 Å². The van der Waals surface area contributed by atoms with Gasteiger partial charge in [0.2, 0.25) is 0 Å². The Morgan fingerprint density at radius 1 is 1.25 bits per heavy atom. The summed E-state index contributed by atoms with van der Waals surface area (Å²) < 4.78 is 5.24. The van der Waals surface area contributed by atoms with Gasteiger partial charge in [-0.25, -0.2) is 0 Å². The fourth-order valence-corrected chi connectivity index (χ4v) is 5.49. The first-order valence-electron chi connectivity index (χ1n) is 8.03. The van der Waals surface area contributed by atoms with Gasteiger partial charge in [0.1, 0.15) is 0 Å². The highest BCUT2D eigenvalue weighted by Gasteiger charge is 2.62. The van der Waals surface area contributed by atoms with E-state index in [1.807, 2.05) is 6.08 Å². The van der Waals surface area contributed by atoms with Crippen LogP contribution >= 0.6 is 0 Å². The molecule has 2 saturated carbocycles. The zero-order chi connectivity index (χ0) is 15.0. The number of ether oxygens (including phenoxy) is 1. The van der Waals surface area contributed by atoms with Crippen LogP contribution in [-0.4, -0.2) is 13.1 Å². The molecule has 2 fully saturated rings. The van der Waals surface area contributed by atoms with Gasteiger partial charge in [0.05, 0.1) is 12.5 Å². The number of hydrogen-bond donors (Lipinski definition) is 0. The van der Waals surface area contributed by atoms with Gasteiger partial charge in [-0.1, -0.05) is 39.7 Å². The van der Waals surface area contributed by atoms with E-state index in [1.54, 1.807) is 0 Å². The number of hydrogen-bond acceptors (Lipinski definition) is 2. The number of carbonyl (C=O) groups excluding carboxylic acids is 1. The summed E-state index contributed by atoms with van der Waals surface area (Å²) in [5, 5.41) is 0. The van der Waals surface area contributed by atoms with Crippen LogP contribution in [0.1, 0.15) is 65.7 Å². The second-order valence-electron chi connectivity index (χ2n) is 7.77. The smallest absolute Gasteiger partial charge is 0.312 e. The third kappa shape index (κ3) is 2.03. The van der Waals surface area contributed by atoms with Gasteiger partial charge in [0.25, 0.3) is 0 Å². The molecule has 2 nitrogen and oxygen atoms in total. The van der Waals surface area contributed by atoms with Crippen molar-refractivity contribution in [2.45, 2.75) is 65.7 Å². The molecule has 0 aromatic heterocycles. The van der Waals surface area contributed by atoms with Crippen LogP contribution in [-0.2, 0) is 9.53 Å². The lowest BCUT2D eigenvalue weighted by Gasteiger charge is -2.61. The van der Waals surface area contributed by atoms with Crippen molar-refractivity contribution >= 4 is 5.97 Å². The summed E-state index contributed by atoms with van der Waals surface area (Å²) in [6, 6.07) is 0. The molecule has 0 radical (unpaired) electrons. The maximum Gasteiger partial charge on any atom is 0.312 e. The second kappa shape index (κ2) is 5.20. The fraction of sp³-hybridized carbons (Fsp3) is 0.833. The van der Waals surface area contributed by atoms with E-state index in [-0.39, 0.29) is 16.8 Å². The third-order valence-electron chi connectivity index (χ3n) is 6.49. The van der Waals surface area contributed by atoms with Crippen molar-refractivity contribution < 1.29 is 9.53 Å². The summed E-state index contributed by atoms with van der Waals surface area (Å²) in [6.07, 6.45) is 9.65. The molecule has 1 unspecified atom stereocenters. The lowest BCUT2D eigenvalue weighted by atomic mass is 9.42. The quantitative estimate of drug-likeness (QED) is 0.550. The molecule has 0 spiro atoms. The highest BCUT2D eigenvalue weighted by Crippen LogP contribution is 2.66. The number of methoxy groups -OCH3 is 1. The summed E-state index contributed by atoms with van der Waals surface area (Å²) in [6.45, 7) is 11.0. The van der Waals surface area contributed by atoms with E-state index >= 15 is 0 Å². The van der Waals surface area contributed by atoms with Gasteiger partial charge >= 0.3 is 5.97 Å². The minimum absolute atomic E-state index is 0.0118. The monoisotopic (exact) mass is 278 g/mol. The average molecular weight is 278 g/mol. The topological polar surface area (TPSA) is 26.3 Å². The Morgan fingerprint density at radius 3 is 2.55 bits per heavy atom. The number of rotatable bonds is 3. The molecule has 2 heteroatoms. The molecule has 20 heavy (non-hydrogen) atoms. The number of allylic oxidation sites excluding steroid dienone is 1. The lowest BCUT2D eigenvalue weighted by molar-refractivity contribution is -0.184. The van der Waals surface area contributed by atoms with Gasteiger partial charge < -0.3 is 4.74 Å². The van der Waals surface area contributed by atoms with Crippen LogP contribution in [0.4, 0.5) is 0 Å². The Labute approximate surface area is 124 Å². The minimum Gasteiger partial charge on any atom is -0.469 e. The van der Waals surface area contributed by atoms with Gasteiger partial charge in [-0.3, -0.25) is 4.79 Å². The van der Waals surface area contributed by atoms with E-state index in [1.165, 1.54) is 26.4 Å². The summed E-state index contributed by atoms with van der Waals surface area (Å²) in [5.41, 5.74) is 0.0201. The van der Waals surface area contributed by atoms with Crippen LogP contribution < -0.4 is 0 Å². The molecule has 0 bridgehead atoms. The van der Waals surface area contributed by atoms with Crippen molar-refractivity contribution in [3.8, 4) is 0 Å². The largest absolute Gasteiger partial charge is 0.469 e. The Hall–Kier alpha value is -0.790. The molecule has 0 N–H and O–H groups in total. The van der Waals surface area contributed by atoms with E-state index in [2.05, 4.69) is 27.4 Å². The number of fused-ring (bicyclic) bond motifs is 1. The van der Waals surface area contributed by atoms with Crippen LogP contribution in [0.2, 0.25) is 0 Å². The molecule has 2 aliphatic carbocycles. The zero-order valence-electron chi connectivity index (χ0n) is 13.6. The lowest BCUT2D eigenvalue weighted by Crippen LogP contribution is -2.58. The summed E-state index contributed by atoms with van der Waals surface area (Å²) in [7, 11) is 1.54. The predicted molar refractivity (Wildman–Crippen MR) is 82.3 cm³/mol. The van der Waals surface area contributed by atoms with Crippen molar-refractivity contribution in [3.63, 3.8) is 0 Å². The second-order valence-corrected chi connectivity index (χ2v) is 7.77. The van der Waals surface area contributed by atoms with E-state index in [0.29, 0.717) is 11.3 Å². The molecule has 0 aromatic rings. The third-order valence-corrected chi connectivity index (χ3v) is 6.49. The van der Waals surface area contributed by atoms with Crippen LogP contribution in [0, 0.1) is 22.2 Å². The number of esters is 1. The van der Waals surface area contributed by atoms with Crippen molar-refractivity contribution in [2.24, 2.45) is 22.2 Å². The molecule has 0 aliphatic heterocycles. The Morgan fingerprint density at radius 2 is 1.95 bits per heavy atom. The first-order chi connectivity index (χ1) is 9.34. The fourth-order valence-electron chi connectivity index (χ4n) is 5.49. The normalized spacial score (nSPS) is 39.7. The maximum atomic E-state index is 12.7. The zero-order valence-corrected chi connectivity index (χ0v) is 13.6. The molecule has 3 atom stereocenters. The molecule has 0 heterocycles. The van der Waals surface area contributed by atoms with Gasteiger partial charge in [-0.05, 0) is 48.9 Å².